The van der Waals surface area contributed by atoms with E-state index in [0.29, 0.717) is 5.69 Å². The molecule has 0 heterocycles. The topological polar surface area (TPSA) is 72.9 Å². The minimum absolute atomic E-state index is 0.0345. The molecule has 5 nitrogen and oxygen atoms in total. The smallest absolute Gasteiger partial charge is 0.270 e. The van der Waals surface area contributed by atoms with Crippen LogP contribution >= 0.6 is 0 Å². The number of rotatable bonds is 3. The van der Waals surface area contributed by atoms with Crippen molar-refractivity contribution in [3.63, 3.8) is 0 Å². The van der Waals surface area contributed by atoms with Crippen molar-refractivity contribution in [3.8, 4) is 6.07 Å². The molecule has 2 aromatic rings. The lowest BCUT2D eigenvalue weighted by Crippen LogP contribution is -1.95. The molecular weight excluding hydrogens is 238 g/mol. The maximum Gasteiger partial charge on any atom is 0.270 e. The molecule has 0 radical (unpaired) electrons. The molecule has 2 rings (SSSR count). The average Bonchev–Trinajstić information content (AvgIpc) is 2.49. The molecule has 0 saturated carbocycles. The summed E-state index contributed by atoms with van der Waals surface area (Å²) >= 11 is 0. The first-order valence-corrected chi connectivity index (χ1v) is 5.64. The Morgan fingerprint density at radius 2 is 1.58 bits per heavy atom. The van der Waals surface area contributed by atoms with Gasteiger partial charge < -0.3 is 0 Å². The van der Waals surface area contributed by atoms with Gasteiger partial charge in [-0.25, -0.2) is 0 Å². The van der Waals surface area contributed by atoms with Gasteiger partial charge in [0.15, 0.2) is 0 Å². The molecule has 0 aliphatic heterocycles. The SMILES string of the molecule is N#CC(/N=N/c1ccccc1)=N\Nc1ccccc1. The van der Waals surface area contributed by atoms with Crippen LogP contribution in [0.5, 0.6) is 0 Å². The fourth-order valence-corrected chi connectivity index (χ4v) is 1.30. The number of hydrazone groups is 1. The number of hydrogen-bond acceptors (Lipinski definition) is 4. The molecule has 0 amide bonds. The fraction of sp³-hybridized carbons (Fsp3) is 0. The van der Waals surface area contributed by atoms with Gasteiger partial charge in [-0.1, -0.05) is 36.4 Å². The van der Waals surface area contributed by atoms with Gasteiger partial charge in [-0.05, 0) is 24.3 Å². The fourth-order valence-electron chi connectivity index (χ4n) is 1.30. The van der Waals surface area contributed by atoms with Crippen molar-refractivity contribution < 1.29 is 0 Å². The molecule has 0 fully saturated rings. The van der Waals surface area contributed by atoms with E-state index in [-0.39, 0.29) is 5.84 Å². The van der Waals surface area contributed by atoms with Crippen molar-refractivity contribution in [2.45, 2.75) is 0 Å². The van der Waals surface area contributed by atoms with E-state index >= 15 is 0 Å². The van der Waals surface area contributed by atoms with Crippen molar-refractivity contribution in [1.29, 1.82) is 5.26 Å². The van der Waals surface area contributed by atoms with Crippen LogP contribution in [0.3, 0.4) is 0 Å². The molecule has 1 N–H and O–H groups in total. The van der Waals surface area contributed by atoms with Gasteiger partial charge in [0.25, 0.3) is 5.84 Å². The summed E-state index contributed by atoms with van der Waals surface area (Å²) in [6.07, 6.45) is 0. The zero-order chi connectivity index (χ0) is 13.3. The molecule has 0 aromatic heterocycles. The molecular formula is C14H11N5. The Morgan fingerprint density at radius 1 is 0.947 bits per heavy atom. The van der Waals surface area contributed by atoms with E-state index in [1.165, 1.54) is 0 Å². The lowest BCUT2D eigenvalue weighted by atomic mass is 10.3. The lowest BCUT2D eigenvalue weighted by molar-refractivity contribution is 1.23. The van der Waals surface area contributed by atoms with E-state index < -0.39 is 0 Å². The molecule has 2 aromatic carbocycles. The second-order valence-corrected chi connectivity index (χ2v) is 3.56. The third-order valence-corrected chi connectivity index (χ3v) is 2.18. The van der Waals surface area contributed by atoms with Crippen LogP contribution in [0, 0.1) is 11.3 Å². The van der Waals surface area contributed by atoms with Crippen LogP contribution in [0.2, 0.25) is 0 Å². The van der Waals surface area contributed by atoms with Gasteiger partial charge >= 0.3 is 0 Å². The highest BCUT2D eigenvalue weighted by Gasteiger charge is 1.94. The predicted molar refractivity (Wildman–Crippen MR) is 74.1 cm³/mol. The van der Waals surface area contributed by atoms with Gasteiger partial charge in [-0.2, -0.15) is 5.26 Å². The van der Waals surface area contributed by atoms with E-state index in [4.69, 9.17) is 5.26 Å². The number of benzene rings is 2. The minimum atomic E-state index is -0.0345. The van der Waals surface area contributed by atoms with Gasteiger partial charge in [0.2, 0.25) is 0 Å². The third-order valence-electron chi connectivity index (χ3n) is 2.18. The van der Waals surface area contributed by atoms with Crippen LogP contribution in [0.1, 0.15) is 0 Å². The summed E-state index contributed by atoms with van der Waals surface area (Å²) in [4.78, 5) is 0. The lowest BCUT2D eigenvalue weighted by Gasteiger charge is -1.97. The van der Waals surface area contributed by atoms with E-state index in [1.54, 1.807) is 12.1 Å². The number of amidine groups is 1. The molecule has 0 aliphatic carbocycles. The monoisotopic (exact) mass is 249 g/mol. The minimum Gasteiger partial charge on any atom is -0.276 e. The van der Waals surface area contributed by atoms with Crippen molar-refractivity contribution in [2.75, 3.05) is 5.43 Å². The molecule has 0 unspecified atom stereocenters. The third kappa shape index (κ3) is 4.06. The Kier molecular flexibility index (Phi) is 4.37. The van der Waals surface area contributed by atoms with Crippen molar-refractivity contribution in [2.24, 2.45) is 15.3 Å². The van der Waals surface area contributed by atoms with Crippen LogP contribution in [-0.2, 0) is 0 Å². The molecule has 19 heavy (non-hydrogen) atoms. The van der Waals surface area contributed by atoms with Crippen LogP contribution in [0.15, 0.2) is 76.0 Å². The first-order valence-electron chi connectivity index (χ1n) is 5.64. The van der Waals surface area contributed by atoms with Crippen molar-refractivity contribution >= 4 is 17.2 Å². The van der Waals surface area contributed by atoms with E-state index in [9.17, 15) is 0 Å². The number of hydrogen-bond donors (Lipinski definition) is 1. The number of nitrogens with zero attached hydrogens (tertiary/aromatic N) is 4. The number of azo groups is 1. The second kappa shape index (κ2) is 6.67. The standard InChI is InChI=1S/C14H11N5/c15-11-14(18-16-12-7-3-1-4-8-12)19-17-13-9-5-2-6-10-13/h1-10,16H/b18-14+,19-17+. The summed E-state index contributed by atoms with van der Waals surface area (Å²) in [6.45, 7) is 0. The highest BCUT2D eigenvalue weighted by molar-refractivity contribution is 5.97. The molecule has 5 heteroatoms. The Labute approximate surface area is 110 Å². The summed E-state index contributed by atoms with van der Waals surface area (Å²) in [5, 5.41) is 20.5. The zero-order valence-electron chi connectivity index (χ0n) is 10.1. The Bertz CT molecular complexity index is 611. The van der Waals surface area contributed by atoms with Gasteiger partial charge in [0.05, 0.1) is 11.4 Å². The summed E-state index contributed by atoms with van der Waals surface area (Å²) < 4.78 is 0. The molecule has 0 spiro atoms. The zero-order valence-corrected chi connectivity index (χ0v) is 10.1. The molecule has 0 atom stereocenters. The first-order chi connectivity index (χ1) is 9.38. The van der Waals surface area contributed by atoms with Gasteiger partial charge in [-0.3, -0.25) is 5.43 Å². The number of nitrogens with one attached hydrogen (secondary N) is 1. The summed E-state index contributed by atoms with van der Waals surface area (Å²) in [5.41, 5.74) is 4.20. The molecule has 0 aliphatic rings. The van der Waals surface area contributed by atoms with Crippen LogP contribution < -0.4 is 5.43 Å². The highest BCUT2D eigenvalue weighted by Crippen LogP contribution is 2.10. The first kappa shape index (κ1) is 12.5. The van der Waals surface area contributed by atoms with Gasteiger partial charge in [0, 0.05) is 0 Å². The molecule has 92 valence electrons. The quantitative estimate of drug-likeness (QED) is 0.389. The van der Waals surface area contributed by atoms with Crippen LogP contribution in [0.25, 0.3) is 0 Å². The summed E-state index contributed by atoms with van der Waals surface area (Å²) in [6, 6.07) is 20.4. The number of para-hydroxylation sites is 1. The summed E-state index contributed by atoms with van der Waals surface area (Å²) in [5.74, 6) is -0.0345. The van der Waals surface area contributed by atoms with Crippen molar-refractivity contribution in [3.05, 3.63) is 60.7 Å². The molecule has 0 saturated heterocycles. The summed E-state index contributed by atoms with van der Waals surface area (Å²) in [7, 11) is 0. The second-order valence-electron chi connectivity index (χ2n) is 3.56. The highest BCUT2D eigenvalue weighted by atomic mass is 15.3. The average molecular weight is 249 g/mol. The predicted octanol–water partition coefficient (Wildman–Crippen LogP) is 3.72. The van der Waals surface area contributed by atoms with E-state index in [2.05, 4.69) is 20.8 Å². The van der Waals surface area contributed by atoms with Crippen LogP contribution in [0.4, 0.5) is 11.4 Å². The van der Waals surface area contributed by atoms with E-state index in [0.717, 1.165) is 5.69 Å². The number of anilines is 1. The Balaban J connectivity index is 2.05. The number of nitriles is 1. The maximum atomic E-state index is 8.91. The van der Waals surface area contributed by atoms with E-state index in [1.807, 2.05) is 54.6 Å². The maximum absolute atomic E-state index is 8.91. The molecule has 0 bridgehead atoms. The van der Waals surface area contributed by atoms with Crippen molar-refractivity contribution in [1.82, 2.24) is 0 Å². The van der Waals surface area contributed by atoms with Gasteiger partial charge in [0.1, 0.15) is 6.07 Å². The Hall–Kier alpha value is -3.00. The van der Waals surface area contributed by atoms with Crippen LogP contribution in [-0.4, -0.2) is 5.84 Å². The van der Waals surface area contributed by atoms with Gasteiger partial charge in [-0.15, -0.1) is 15.3 Å². The normalized spacial score (nSPS) is 11.2. The Morgan fingerprint density at radius 3 is 2.21 bits per heavy atom. The largest absolute Gasteiger partial charge is 0.276 e.